The van der Waals surface area contributed by atoms with Gasteiger partial charge in [-0.25, -0.2) is 0 Å². The number of aliphatic hydroxyl groups is 4. The van der Waals surface area contributed by atoms with Crippen LogP contribution in [0.4, 0.5) is 0 Å². The van der Waals surface area contributed by atoms with Gasteiger partial charge in [-0.3, -0.25) is 28.8 Å². The summed E-state index contributed by atoms with van der Waals surface area (Å²) in [4.78, 5) is 68.8. The Balaban J connectivity index is 4.25. The summed E-state index contributed by atoms with van der Waals surface area (Å²) in [7, 11) is 0. The first kappa shape index (κ1) is 37.7. The zero-order chi connectivity index (χ0) is 30.8. The third kappa shape index (κ3) is 16.1. The molecular weight excluding hydrogens is 576 g/mol. The van der Waals surface area contributed by atoms with Gasteiger partial charge in [0.15, 0.2) is 11.9 Å². The number of hydrogen-bond acceptors (Lipinski definition) is 14. The molecule has 0 radical (unpaired) electrons. The monoisotopic (exact) mass is 614 g/mol. The van der Waals surface area contributed by atoms with Gasteiger partial charge >= 0.3 is 11.9 Å². The van der Waals surface area contributed by atoms with E-state index in [0.717, 1.165) is 23.5 Å². The summed E-state index contributed by atoms with van der Waals surface area (Å²) in [5, 5.41) is 62.1. The molecule has 0 heterocycles. The van der Waals surface area contributed by atoms with Crippen molar-refractivity contribution in [2.75, 3.05) is 36.1 Å². The van der Waals surface area contributed by atoms with Crippen molar-refractivity contribution in [1.29, 1.82) is 0 Å². The first-order valence-electron chi connectivity index (χ1n) is 12.1. The van der Waals surface area contributed by atoms with Gasteiger partial charge in [-0.2, -0.15) is 11.8 Å². The lowest BCUT2D eigenvalue weighted by molar-refractivity contribution is -0.154. The minimum absolute atomic E-state index is 0.0313. The topological polar surface area (TPSA) is 300 Å². The van der Waals surface area contributed by atoms with Crippen molar-refractivity contribution in [1.82, 2.24) is 10.6 Å². The zero-order valence-electron chi connectivity index (χ0n) is 21.6. The molecule has 0 fully saturated rings. The quantitative estimate of drug-likeness (QED) is 0.0486. The van der Waals surface area contributed by atoms with Gasteiger partial charge in [0.2, 0.25) is 5.91 Å². The molecule has 18 heteroatoms. The maximum Gasteiger partial charge on any atom is 0.321 e. The lowest BCUT2D eigenvalue weighted by atomic mass is 9.97. The van der Waals surface area contributed by atoms with E-state index >= 15 is 0 Å². The summed E-state index contributed by atoms with van der Waals surface area (Å²) in [6.07, 6.45) is -8.72. The molecule has 0 aliphatic rings. The van der Waals surface area contributed by atoms with Gasteiger partial charge in [-0.1, -0.05) is 0 Å². The van der Waals surface area contributed by atoms with Crippen LogP contribution in [0.15, 0.2) is 0 Å². The van der Waals surface area contributed by atoms with Crippen LogP contribution in [0.1, 0.15) is 25.7 Å². The third-order valence-corrected chi connectivity index (χ3v) is 7.36. The molecule has 0 saturated heterocycles. The maximum absolute atomic E-state index is 12.1. The molecule has 0 saturated carbocycles. The van der Waals surface area contributed by atoms with Gasteiger partial charge < -0.3 is 52.7 Å². The highest BCUT2D eigenvalue weighted by molar-refractivity contribution is 8.00. The molecule has 12 N–H and O–H groups in total. The van der Waals surface area contributed by atoms with Gasteiger partial charge in [0.05, 0.1) is 11.5 Å². The van der Waals surface area contributed by atoms with E-state index in [1.54, 1.807) is 0 Å². The van der Waals surface area contributed by atoms with E-state index in [1.165, 1.54) is 0 Å². The predicted molar refractivity (Wildman–Crippen MR) is 144 cm³/mol. The van der Waals surface area contributed by atoms with Crippen molar-refractivity contribution in [2.24, 2.45) is 11.5 Å². The molecule has 0 rings (SSSR count). The number of carbonyl (C=O) groups excluding carboxylic acids is 4. The Morgan fingerprint density at radius 1 is 0.675 bits per heavy atom. The van der Waals surface area contributed by atoms with Gasteiger partial charge in [0, 0.05) is 37.4 Å². The molecule has 0 aliphatic carbocycles. The van der Waals surface area contributed by atoms with Crippen molar-refractivity contribution in [3.05, 3.63) is 0 Å². The second-order valence-electron chi connectivity index (χ2n) is 8.64. The number of hydrogen-bond donors (Lipinski definition) is 10. The Labute approximate surface area is 238 Å². The van der Waals surface area contributed by atoms with Crippen molar-refractivity contribution < 1.29 is 59.4 Å². The fourth-order valence-electron chi connectivity index (χ4n) is 2.80. The van der Waals surface area contributed by atoms with E-state index in [4.69, 9.17) is 21.7 Å². The fourth-order valence-corrected chi connectivity index (χ4v) is 4.49. The van der Waals surface area contributed by atoms with Crippen molar-refractivity contribution in [3.8, 4) is 0 Å². The van der Waals surface area contributed by atoms with Crippen molar-refractivity contribution in [2.45, 2.75) is 62.2 Å². The number of carbonyl (C=O) groups is 6. The van der Waals surface area contributed by atoms with E-state index in [9.17, 15) is 49.2 Å². The second-order valence-corrected chi connectivity index (χ2v) is 10.7. The molecule has 6 atom stereocenters. The number of ketones is 2. The van der Waals surface area contributed by atoms with Gasteiger partial charge in [0.25, 0.3) is 5.91 Å². The number of amides is 2. The normalized spacial score (nSPS) is 15.7. The van der Waals surface area contributed by atoms with E-state index in [0.29, 0.717) is 0 Å². The molecule has 0 aliphatic heterocycles. The summed E-state index contributed by atoms with van der Waals surface area (Å²) in [5.74, 6) is -4.96. The average Bonchev–Trinajstić information content (AvgIpc) is 2.90. The number of carboxylic acid groups (broad SMARTS) is 2. The Bertz CT molecular complexity index is 798. The van der Waals surface area contributed by atoms with Crippen LogP contribution in [-0.4, -0.2) is 139 Å². The number of carboxylic acids is 2. The third-order valence-electron chi connectivity index (χ3n) is 5.17. The molecule has 0 aromatic rings. The van der Waals surface area contributed by atoms with Crippen LogP contribution < -0.4 is 22.1 Å². The zero-order valence-corrected chi connectivity index (χ0v) is 23.3. The number of Topliss-reactive ketones (excluding diaryl/α,β-unsaturated/α-hetero) is 2. The number of aliphatic carboxylic acids is 2. The summed E-state index contributed by atoms with van der Waals surface area (Å²) < 4.78 is 0. The number of thioether (sulfide) groups is 2. The van der Waals surface area contributed by atoms with Crippen LogP contribution in [0, 0.1) is 0 Å². The molecule has 0 aromatic carbocycles. The minimum Gasteiger partial charge on any atom is -0.480 e. The van der Waals surface area contributed by atoms with Crippen molar-refractivity contribution >= 4 is 58.8 Å². The predicted octanol–water partition coefficient (Wildman–Crippen LogP) is -4.35. The number of aliphatic hydroxyl groups excluding tert-OH is 4. The highest BCUT2D eigenvalue weighted by Crippen LogP contribution is 2.10. The van der Waals surface area contributed by atoms with Crippen LogP contribution in [0.25, 0.3) is 0 Å². The first-order valence-corrected chi connectivity index (χ1v) is 14.4. The lowest BCUT2D eigenvalue weighted by Crippen LogP contribution is -2.52. The highest BCUT2D eigenvalue weighted by atomic mass is 32.2. The van der Waals surface area contributed by atoms with Gasteiger partial charge in [0.1, 0.15) is 36.2 Å². The Kier molecular flexibility index (Phi) is 19.3. The molecule has 0 spiro atoms. The molecule has 16 nitrogen and oxygen atoms in total. The van der Waals surface area contributed by atoms with Crippen LogP contribution in [-0.2, 0) is 28.8 Å². The highest BCUT2D eigenvalue weighted by Gasteiger charge is 2.36. The van der Waals surface area contributed by atoms with Crippen LogP contribution in [0.2, 0.25) is 0 Å². The molecule has 230 valence electrons. The lowest BCUT2D eigenvalue weighted by Gasteiger charge is -2.25. The van der Waals surface area contributed by atoms with E-state index in [1.807, 2.05) is 0 Å². The number of nitrogens with two attached hydrogens (primary N) is 2. The van der Waals surface area contributed by atoms with Crippen molar-refractivity contribution in [3.63, 3.8) is 0 Å². The SMILES string of the molecule is NC(CSCC(=O)CCCNC(=O)[C@@H](O)[C@H](O)[C@H](O)[C@@H](O)C(=O)CCCNC(=O)CSCC(N)C(=O)O)C(=O)O. The Morgan fingerprint density at radius 3 is 1.70 bits per heavy atom. The largest absolute Gasteiger partial charge is 0.480 e. The van der Waals surface area contributed by atoms with Gasteiger partial charge in [-0.05, 0) is 12.8 Å². The summed E-state index contributed by atoms with van der Waals surface area (Å²) in [5.41, 5.74) is 10.6. The Morgan fingerprint density at radius 2 is 1.15 bits per heavy atom. The van der Waals surface area contributed by atoms with Crippen LogP contribution >= 0.6 is 23.5 Å². The summed E-state index contributed by atoms with van der Waals surface area (Å²) in [6.45, 7) is -0.0363. The van der Waals surface area contributed by atoms with Crippen LogP contribution in [0.3, 0.4) is 0 Å². The molecular formula is C22H38N4O12S2. The van der Waals surface area contributed by atoms with E-state index < -0.39 is 66.0 Å². The molecule has 2 unspecified atom stereocenters. The van der Waals surface area contributed by atoms with Gasteiger partial charge in [-0.15, -0.1) is 11.8 Å². The molecule has 0 aromatic heterocycles. The summed E-state index contributed by atoms with van der Waals surface area (Å²) in [6, 6.07) is -2.19. The molecule has 0 bridgehead atoms. The second kappa shape index (κ2) is 20.5. The first-order chi connectivity index (χ1) is 18.7. The molecule has 40 heavy (non-hydrogen) atoms. The standard InChI is InChI=1S/C22H38N4O12S2/c23-12(21(35)36)8-39-7-11(27)3-1-6-26-20(34)19(33)18(32)17(31)16(30)14(28)4-2-5-25-15(29)10-40-9-13(24)22(37)38/h12-13,16-19,30-33H,1-10,23-24H2,(H,25,29)(H,26,34)(H,35,36)(H,37,38)/t12?,13?,16-,17+,18+,19-/m0/s1. The smallest absolute Gasteiger partial charge is 0.321 e. The minimum atomic E-state index is -2.20. The van der Waals surface area contributed by atoms with Crippen LogP contribution in [0.5, 0.6) is 0 Å². The number of nitrogens with one attached hydrogen (secondary N) is 2. The fraction of sp³-hybridized carbons (Fsp3) is 0.727. The summed E-state index contributed by atoms with van der Waals surface area (Å²) >= 11 is 2.07. The maximum atomic E-state index is 12.1. The molecule has 2 amide bonds. The van der Waals surface area contributed by atoms with E-state index in [-0.39, 0.29) is 67.6 Å². The average molecular weight is 615 g/mol. The Hall–Kier alpha value is -2.32. The number of rotatable bonds is 23. The van der Waals surface area contributed by atoms with E-state index in [2.05, 4.69) is 10.6 Å².